The van der Waals surface area contributed by atoms with E-state index in [4.69, 9.17) is 14.6 Å². The summed E-state index contributed by atoms with van der Waals surface area (Å²) in [6.07, 6.45) is -19.6. The molecule has 0 radical (unpaired) electrons. The smallest absolute Gasteiger partial charge is 0.453 e. The maximum atomic E-state index is 14.9. The Morgan fingerprint density at radius 2 is 1.55 bits per heavy atom. The molecule has 0 spiro atoms. The molecular formula is C26H26F9N2O5+. The van der Waals surface area contributed by atoms with Crippen molar-refractivity contribution in [3.63, 3.8) is 0 Å². The van der Waals surface area contributed by atoms with Gasteiger partial charge in [-0.05, 0) is 30.2 Å². The van der Waals surface area contributed by atoms with Gasteiger partial charge < -0.3 is 14.6 Å². The number of ether oxygens (including phenoxy) is 2. The molecule has 0 saturated carbocycles. The summed E-state index contributed by atoms with van der Waals surface area (Å²) in [5, 5.41) is 9.04. The van der Waals surface area contributed by atoms with Gasteiger partial charge in [-0.25, -0.2) is 4.79 Å². The van der Waals surface area contributed by atoms with E-state index in [0.717, 1.165) is 24.1 Å². The Bertz CT molecular complexity index is 1260. The molecule has 1 heterocycles. The zero-order chi connectivity index (χ0) is 31.7. The summed E-state index contributed by atoms with van der Waals surface area (Å²) in [7, 11) is 0.886. The molecule has 16 heteroatoms. The van der Waals surface area contributed by atoms with Crippen LogP contribution in [0.5, 0.6) is 0 Å². The van der Waals surface area contributed by atoms with Crippen LogP contribution in [0.4, 0.5) is 54.8 Å². The number of nitrogens with zero attached hydrogens (tertiary/aromatic N) is 2. The molecule has 3 rings (SSSR count). The number of aliphatic hydroxyl groups excluding tert-OH is 1. The summed E-state index contributed by atoms with van der Waals surface area (Å²) < 4.78 is 133. The van der Waals surface area contributed by atoms with Gasteiger partial charge in [0.1, 0.15) is 12.6 Å². The molecule has 0 saturated heterocycles. The monoisotopic (exact) mass is 617 g/mol. The fraction of sp³-hybridized carbons (Fsp3) is 0.462. The first-order chi connectivity index (χ1) is 19.4. The summed E-state index contributed by atoms with van der Waals surface area (Å²) in [5.74, 6) is 0. The third kappa shape index (κ3) is 6.14. The summed E-state index contributed by atoms with van der Waals surface area (Å²) in [6.45, 7) is -1.09. The van der Waals surface area contributed by atoms with Crippen LogP contribution >= 0.6 is 0 Å². The van der Waals surface area contributed by atoms with Crippen molar-refractivity contribution in [3.8, 4) is 0 Å². The summed E-state index contributed by atoms with van der Waals surface area (Å²) in [5.41, 5.74) is -4.82. The minimum absolute atomic E-state index is 0.0951. The van der Waals surface area contributed by atoms with Gasteiger partial charge in [0.15, 0.2) is 5.69 Å². The summed E-state index contributed by atoms with van der Waals surface area (Å²) >= 11 is 0. The molecule has 0 fully saturated rings. The first kappa shape index (κ1) is 33.0. The lowest BCUT2D eigenvalue weighted by Gasteiger charge is -2.47. The SMILES string of the molecule is CC[C@@H]1C[C@H](N(Cc2cc(C(F)(F)F)cc(C(F)(F)F)c2)C(=O)OC)c2ccccc2[N+]1(C(=O)OCCO)C(F)(F)F. The molecule has 232 valence electrons. The maximum Gasteiger partial charge on any atom is 0.576 e. The van der Waals surface area contributed by atoms with Crippen molar-refractivity contribution in [2.24, 2.45) is 0 Å². The molecule has 0 aromatic heterocycles. The Morgan fingerprint density at radius 1 is 0.976 bits per heavy atom. The van der Waals surface area contributed by atoms with Crippen LogP contribution in [0.15, 0.2) is 42.5 Å². The largest absolute Gasteiger partial charge is 0.576 e. The standard InChI is InChI=1S/C26H26F9N2O5/c1-3-18-13-20(19-6-4-5-7-21(19)37(18,26(33,34)35)23(40)42-9-8-38)36(22(39)41-2)14-15-10-16(24(27,28)29)12-17(11-15)25(30,31)32/h4-7,10-12,18,20,38H,3,8-9,13-14H2,1-2H3/q+1/t18-,20+,37?/m1/s1. The number of halogens is 9. The number of hydrogen-bond acceptors (Lipinski definition) is 5. The zero-order valence-electron chi connectivity index (χ0n) is 22.1. The van der Waals surface area contributed by atoms with Crippen molar-refractivity contribution in [2.45, 2.75) is 57.0 Å². The predicted molar refractivity (Wildman–Crippen MR) is 129 cm³/mol. The van der Waals surface area contributed by atoms with E-state index in [0.29, 0.717) is 12.1 Å². The van der Waals surface area contributed by atoms with E-state index in [1.807, 2.05) is 0 Å². The second-order valence-corrected chi connectivity index (χ2v) is 9.41. The predicted octanol–water partition coefficient (Wildman–Crippen LogP) is 7.17. The molecule has 0 aliphatic carbocycles. The van der Waals surface area contributed by atoms with Gasteiger partial charge in [-0.3, -0.25) is 4.90 Å². The highest BCUT2D eigenvalue weighted by Crippen LogP contribution is 2.52. The van der Waals surface area contributed by atoms with Crippen molar-refractivity contribution in [1.29, 1.82) is 0 Å². The number of amides is 2. The first-order valence-electron chi connectivity index (χ1n) is 12.4. The van der Waals surface area contributed by atoms with E-state index in [9.17, 15) is 49.1 Å². The van der Waals surface area contributed by atoms with Crippen molar-refractivity contribution >= 4 is 17.9 Å². The second kappa shape index (κ2) is 12.0. The highest BCUT2D eigenvalue weighted by Gasteiger charge is 2.70. The maximum absolute atomic E-state index is 14.9. The Hall–Kier alpha value is -3.53. The van der Waals surface area contributed by atoms with Gasteiger partial charge >= 0.3 is 30.8 Å². The number of alkyl halides is 9. The Balaban J connectivity index is 2.24. The second-order valence-electron chi connectivity index (χ2n) is 9.41. The van der Waals surface area contributed by atoms with E-state index in [1.165, 1.54) is 19.1 Å². The van der Waals surface area contributed by atoms with E-state index in [1.54, 1.807) is 0 Å². The van der Waals surface area contributed by atoms with Gasteiger partial charge in [-0.15, -0.1) is 13.2 Å². The molecule has 2 aromatic rings. The number of carbonyl (C=O) groups is 2. The van der Waals surface area contributed by atoms with Gasteiger partial charge in [0.2, 0.25) is 0 Å². The number of aliphatic hydroxyl groups is 1. The Kier molecular flexibility index (Phi) is 9.41. The number of rotatable bonds is 6. The molecule has 1 aliphatic heterocycles. The number of hydrogen-bond donors (Lipinski definition) is 1. The van der Waals surface area contributed by atoms with Crippen LogP contribution < -0.4 is 4.48 Å². The number of fused-ring (bicyclic) bond motifs is 1. The quantitative estimate of drug-likeness (QED) is 0.211. The van der Waals surface area contributed by atoms with Crippen molar-refractivity contribution in [3.05, 3.63) is 64.7 Å². The van der Waals surface area contributed by atoms with Gasteiger partial charge in [0, 0.05) is 24.6 Å². The highest BCUT2D eigenvalue weighted by atomic mass is 19.4. The fourth-order valence-corrected chi connectivity index (χ4v) is 5.22. The summed E-state index contributed by atoms with van der Waals surface area (Å²) in [4.78, 5) is 26.7. The van der Waals surface area contributed by atoms with E-state index in [-0.39, 0.29) is 18.1 Å². The van der Waals surface area contributed by atoms with Crippen LogP contribution in [-0.4, -0.2) is 54.9 Å². The molecule has 42 heavy (non-hydrogen) atoms. The lowest BCUT2D eigenvalue weighted by Crippen LogP contribution is -2.71. The van der Waals surface area contributed by atoms with Crippen molar-refractivity contribution in [1.82, 2.24) is 9.38 Å². The van der Waals surface area contributed by atoms with Crippen LogP contribution in [0.25, 0.3) is 0 Å². The van der Waals surface area contributed by atoms with Crippen LogP contribution in [0.2, 0.25) is 0 Å². The van der Waals surface area contributed by atoms with Crippen LogP contribution in [0.1, 0.15) is 48.1 Å². The molecule has 2 aromatic carbocycles. The average Bonchev–Trinajstić information content (AvgIpc) is 2.91. The van der Waals surface area contributed by atoms with E-state index < -0.39 is 96.0 Å². The molecule has 3 atom stereocenters. The van der Waals surface area contributed by atoms with Crippen molar-refractivity contribution in [2.75, 3.05) is 20.3 Å². The topological polar surface area (TPSA) is 76.1 Å². The summed E-state index contributed by atoms with van der Waals surface area (Å²) in [6, 6.07) is 2.30. The van der Waals surface area contributed by atoms with Gasteiger partial charge in [0.05, 0.1) is 30.9 Å². The molecule has 1 unspecified atom stereocenters. The van der Waals surface area contributed by atoms with Crippen molar-refractivity contribution < 1.29 is 63.7 Å². The number of para-hydroxylation sites is 1. The minimum atomic E-state index is -5.30. The molecule has 7 nitrogen and oxygen atoms in total. The van der Waals surface area contributed by atoms with Gasteiger partial charge in [-0.1, -0.05) is 29.6 Å². The molecule has 2 amide bonds. The third-order valence-electron chi connectivity index (χ3n) is 6.98. The Morgan fingerprint density at radius 3 is 2.02 bits per heavy atom. The molecule has 1 aliphatic rings. The van der Waals surface area contributed by atoms with Crippen LogP contribution in [0.3, 0.4) is 0 Å². The average molecular weight is 617 g/mol. The molecule has 1 N–H and O–H groups in total. The fourth-order valence-electron chi connectivity index (χ4n) is 5.22. The lowest BCUT2D eigenvalue weighted by atomic mass is 9.86. The number of benzene rings is 2. The number of carbonyl (C=O) groups excluding carboxylic acids is 2. The normalized spacial score (nSPS) is 21.0. The Labute approximate surface area is 233 Å². The first-order valence-corrected chi connectivity index (χ1v) is 12.4. The minimum Gasteiger partial charge on any atom is -0.453 e. The zero-order valence-corrected chi connectivity index (χ0v) is 22.1. The van der Waals surface area contributed by atoms with Gasteiger partial charge in [-0.2, -0.15) is 31.1 Å². The van der Waals surface area contributed by atoms with E-state index >= 15 is 0 Å². The number of quaternary nitrogens is 1. The van der Waals surface area contributed by atoms with Crippen LogP contribution in [0, 0.1) is 0 Å². The van der Waals surface area contributed by atoms with Crippen LogP contribution in [-0.2, 0) is 28.4 Å². The highest BCUT2D eigenvalue weighted by molar-refractivity contribution is 5.86. The molecule has 0 bridgehead atoms. The van der Waals surface area contributed by atoms with Gasteiger partial charge in [0.25, 0.3) is 0 Å². The molecular weight excluding hydrogens is 591 g/mol. The third-order valence-corrected chi connectivity index (χ3v) is 6.98. The van der Waals surface area contributed by atoms with E-state index in [2.05, 4.69) is 0 Å². The lowest BCUT2D eigenvalue weighted by molar-refractivity contribution is -0.240. The number of methoxy groups -OCH3 is 1.